The molecule has 1 aromatic rings. The lowest BCUT2D eigenvalue weighted by Gasteiger charge is -2.36. The Morgan fingerprint density at radius 3 is 2.43 bits per heavy atom. The van der Waals surface area contributed by atoms with Crippen molar-refractivity contribution in [2.24, 2.45) is 0 Å². The molecule has 2 heterocycles. The number of rotatable bonds is 7. The highest BCUT2D eigenvalue weighted by Crippen LogP contribution is 2.19. The van der Waals surface area contributed by atoms with E-state index in [4.69, 9.17) is 0 Å². The van der Waals surface area contributed by atoms with E-state index in [0.29, 0.717) is 12.1 Å². The number of likely N-dealkylation sites (N-methyl/N-ethyl adjacent to an activating group) is 1. The first kappa shape index (κ1) is 16.2. The minimum Gasteiger partial charge on any atom is -0.371 e. The molecule has 1 unspecified atom stereocenters. The first-order chi connectivity index (χ1) is 10.2. The maximum atomic E-state index is 4.09. The summed E-state index contributed by atoms with van der Waals surface area (Å²) < 4.78 is 0. The average Bonchev–Trinajstić information content (AvgIpc) is 2.54. The van der Waals surface area contributed by atoms with Gasteiger partial charge in [0.1, 0.15) is 0 Å². The minimum atomic E-state index is 0.572. The van der Waals surface area contributed by atoms with Gasteiger partial charge in [-0.15, -0.1) is 0 Å². The number of hydrogen-bond acceptors (Lipinski definition) is 4. The summed E-state index contributed by atoms with van der Waals surface area (Å²) in [6.07, 6.45) is 6.22. The molecule has 0 radical (unpaired) electrons. The third-order valence-corrected chi connectivity index (χ3v) is 4.47. The Morgan fingerprint density at radius 1 is 1.24 bits per heavy atom. The zero-order valence-corrected chi connectivity index (χ0v) is 13.8. The summed E-state index contributed by atoms with van der Waals surface area (Å²) in [5.74, 6) is 0. The molecule has 21 heavy (non-hydrogen) atoms. The number of piperidine rings is 1. The Bertz CT molecular complexity index is 383. The van der Waals surface area contributed by atoms with E-state index in [0.717, 1.165) is 32.7 Å². The van der Waals surface area contributed by atoms with Gasteiger partial charge in [-0.3, -0.25) is 4.98 Å². The van der Waals surface area contributed by atoms with Gasteiger partial charge >= 0.3 is 0 Å². The predicted octanol–water partition coefficient (Wildman–Crippen LogP) is 2.37. The van der Waals surface area contributed by atoms with Gasteiger partial charge in [-0.25, -0.2) is 0 Å². The van der Waals surface area contributed by atoms with E-state index in [2.05, 4.69) is 53.0 Å². The Kier molecular flexibility index (Phi) is 6.46. The van der Waals surface area contributed by atoms with E-state index < -0.39 is 0 Å². The molecular formula is C17H30N4. The third kappa shape index (κ3) is 4.97. The minimum absolute atomic E-state index is 0.572. The van der Waals surface area contributed by atoms with Crippen molar-refractivity contribution in [1.29, 1.82) is 0 Å². The third-order valence-electron chi connectivity index (χ3n) is 4.47. The lowest BCUT2D eigenvalue weighted by molar-refractivity contribution is 0.253. The van der Waals surface area contributed by atoms with Crippen molar-refractivity contribution in [2.45, 2.75) is 45.7 Å². The molecule has 1 aliphatic heterocycles. The van der Waals surface area contributed by atoms with Crippen molar-refractivity contribution < 1.29 is 0 Å². The van der Waals surface area contributed by atoms with Crippen molar-refractivity contribution in [3.05, 3.63) is 24.5 Å². The maximum absolute atomic E-state index is 4.09. The summed E-state index contributed by atoms with van der Waals surface area (Å²) in [5, 5.41) is 3.81. The number of pyridine rings is 1. The lowest BCUT2D eigenvalue weighted by atomic mass is 10.0. The van der Waals surface area contributed by atoms with Crippen LogP contribution in [0.15, 0.2) is 24.5 Å². The molecule has 118 valence electrons. The smallest absolute Gasteiger partial charge is 0.0397 e. The second kappa shape index (κ2) is 8.35. The lowest BCUT2D eigenvalue weighted by Crippen LogP contribution is -2.48. The number of aromatic nitrogens is 1. The fraction of sp³-hybridized carbons (Fsp3) is 0.706. The zero-order valence-electron chi connectivity index (χ0n) is 13.8. The van der Waals surface area contributed by atoms with Crippen molar-refractivity contribution in [1.82, 2.24) is 15.2 Å². The Labute approximate surface area is 129 Å². The second-order valence-corrected chi connectivity index (χ2v) is 6.02. The summed E-state index contributed by atoms with van der Waals surface area (Å²) in [4.78, 5) is 9.05. The van der Waals surface area contributed by atoms with E-state index in [1.807, 2.05) is 12.4 Å². The summed E-state index contributed by atoms with van der Waals surface area (Å²) in [7, 11) is 0. The van der Waals surface area contributed by atoms with Crippen LogP contribution in [0.4, 0.5) is 5.69 Å². The standard InChI is InChI=1S/C17H30N4/c1-4-20(5-2)14-15(3)19-16-8-12-21(13-9-16)17-6-10-18-11-7-17/h6-7,10-11,15-16,19H,4-5,8-9,12-14H2,1-3H3. The van der Waals surface area contributed by atoms with Gasteiger partial charge in [0.2, 0.25) is 0 Å². The molecule has 1 aromatic heterocycles. The van der Waals surface area contributed by atoms with Crippen LogP contribution in [0.3, 0.4) is 0 Å². The van der Waals surface area contributed by atoms with Crippen LogP contribution in [-0.2, 0) is 0 Å². The SMILES string of the molecule is CCN(CC)CC(C)NC1CCN(c2ccncc2)CC1. The van der Waals surface area contributed by atoms with Gasteiger partial charge in [0.25, 0.3) is 0 Å². The van der Waals surface area contributed by atoms with Gasteiger partial charge in [0, 0.05) is 49.8 Å². The quantitative estimate of drug-likeness (QED) is 0.835. The van der Waals surface area contributed by atoms with Gasteiger partial charge < -0.3 is 15.1 Å². The molecule has 1 saturated heterocycles. The maximum Gasteiger partial charge on any atom is 0.0397 e. The molecule has 0 spiro atoms. The van der Waals surface area contributed by atoms with E-state index in [1.54, 1.807) is 0 Å². The van der Waals surface area contributed by atoms with E-state index >= 15 is 0 Å². The molecule has 4 heteroatoms. The van der Waals surface area contributed by atoms with E-state index in [1.165, 1.54) is 18.5 Å². The molecular weight excluding hydrogens is 260 g/mol. The summed E-state index contributed by atoms with van der Waals surface area (Å²) in [6.45, 7) is 12.5. The second-order valence-electron chi connectivity index (χ2n) is 6.02. The topological polar surface area (TPSA) is 31.4 Å². The van der Waals surface area contributed by atoms with Gasteiger partial charge in [0.15, 0.2) is 0 Å². The molecule has 0 bridgehead atoms. The predicted molar refractivity (Wildman–Crippen MR) is 89.9 cm³/mol. The summed E-state index contributed by atoms with van der Waals surface area (Å²) in [5.41, 5.74) is 1.31. The normalized spacial score (nSPS) is 18.2. The zero-order chi connectivity index (χ0) is 15.1. The largest absolute Gasteiger partial charge is 0.371 e. The molecule has 1 aliphatic rings. The molecule has 1 fully saturated rings. The number of nitrogens with one attached hydrogen (secondary N) is 1. The van der Waals surface area contributed by atoms with Gasteiger partial charge in [0.05, 0.1) is 0 Å². The fourth-order valence-corrected chi connectivity index (χ4v) is 3.18. The number of anilines is 1. The molecule has 1 N–H and O–H groups in total. The highest BCUT2D eigenvalue weighted by Gasteiger charge is 2.21. The van der Waals surface area contributed by atoms with Crippen molar-refractivity contribution in [2.75, 3.05) is 37.6 Å². The molecule has 0 aliphatic carbocycles. The van der Waals surface area contributed by atoms with Crippen LogP contribution < -0.4 is 10.2 Å². The van der Waals surface area contributed by atoms with Crippen LogP contribution >= 0.6 is 0 Å². The van der Waals surface area contributed by atoms with Crippen molar-refractivity contribution >= 4 is 5.69 Å². The molecule has 4 nitrogen and oxygen atoms in total. The Balaban J connectivity index is 1.74. The summed E-state index contributed by atoms with van der Waals surface area (Å²) in [6, 6.07) is 5.45. The van der Waals surface area contributed by atoms with Gasteiger partial charge in [-0.1, -0.05) is 13.8 Å². The van der Waals surface area contributed by atoms with E-state index in [9.17, 15) is 0 Å². The monoisotopic (exact) mass is 290 g/mol. The van der Waals surface area contributed by atoms with E-state index in [-0.39, 0.29) is 0 Å². The van der Waals surface area contributed by atoms with Crippen LogP contribution in [0, 0.1) is 0 Å². The average molecular weight is 290 g/mol. The molecule has 0 amide bonds. The number of hydrogen-bond donors (Lipinski definition) is 1. The van der Waals surface area contributed by atoms with Crippen LogP contribution in [0.25, 0.3) is 0 Å². The Morgan fingerprint density at radius 2 is 1.86 bits per heavy atom. The van der Waals surface area contributed by atoms with Gasteiger partial charge in [-0.05, 0) is 45.0 Å². The van der Waals surface area contributed by atoms with Crippen LogP contribution in [0.5, 0.6) is 0 Å². The van der Waals surface area contributed by atoms with Crippen LogP contribution in [0.1, 0.15) is 33.6 Å². The summed E-state index contributed by atoms with van der Waals surface area (Å²) >= 11 is 0. The first-order valence-electron chi connectivity index (χ1n) is 8.36. The molecule has 1 atom stereocenters. The van der Waals surface area contributed by atoms with Crippen molar-refractivity contribution in [3.8, 4) is 0 Å². The molecule has 0 aromatic carbocycles. The highest BCUT2D eigenvalue weighted by atomic mass is 15.2. The van der Waals surface area contributed by atoms with Crippen LogP contribution in [-0.4, -0.2) is 54.7 Å². The highest BCUT2D eigenvalue weighted by molar-refractivity contribution is 5.44. The fourth-order valence-electron chi connectivity index (χ4n) is 3.18. The Hall–Kier alpha value is -1.13. The molecule has 0 saturated carbocycles. The van der Waals surface area contributed by atoms with Crippen molar-refractivity contribution in [3.63, 3.8) is 0 Å². The molecule has 2 rings (SSSR count). The number of nitrogens with zero attached hydrogens (tertiary/aromatic N) is 3. The van der Waals surface area contributed by atoms with Crippen LogP contribution in [0.2, 0.25) is 0 Å². The van der Waals surface area contributed by atoms with Gasteiger partial charge in [-0.2, -0.15) is 0 Å². The first-order valence-corrected chi connectivity index (χ1v) is 8.36.